The second kappa shape index (κ2) is 3.54. The van der Waals surface area contributed by atoms with Gasteiger partial charge in [0.15, 0.2) is 5.75 Å². The monoisotopic (exact) mass is 187 g/mol. The van der Waals surface area contributed by atoms with Crippen molar-refractivity contribution in [3.05, 3.63) is 47.8 Å². The number of hydrogen-bond acceptors (Lipinski definition) is 2. The van der Waals surface area contributed by atoms with Crippen molar-refractivity contribution >= 4 is 0 Å². The molecule has 2 rings (SSSR count). The highest BCUT2D eigenvalue weighted by atomic mass is 16.7. The van der Waals surface area contributed by atoms with Gasteiger partial charge in [-0.15, -0.1) is 5.10 Å². The van der Waals surface area contributed by atoms with Gasteiger partial charge in [0.05, 0.1) is 12.4 Å². The summed E-state index contributed by atoms with van der Waals surface area (Å²) >= 11 is 0. The molecule has 0 spiro atoms. The van der Waals surface area contributed by atoms with Gasteiger partial charge < -0.3 is 4.84 Å². The highest BCUT2D eigenvalue weighted by molar-refractivity contribution is 5.32. The molecule has 0 atom stereocenters. The van der Waals surface area contributed by atoms with Gasteiger partial charge in [-0.05, 0) is 37.1 Å². The normalized spacial score (nSPS) is 10.1. The van der Waals surface area contributed by atoms with Crippen molar-refractivity contribution in [1.82, 2.24) is 9.94 Å². The Kier molecular flexibility index (Phi) is 2.23. The van der Waals surface area contributed by atoms with Crippen LogP contribution >= 0.6 is 0 Å². The van der Waals surface area contributed by atoms with Crippen LogP contribution in [0, 0.1) is 19.9 Å². The van der Waals surface area contributed by atoms with E-state index in [9.17, 15) is 0 Å². The number of rotatable bonds is 2. The summed E-state index contributed by atoms with van der Waals surface area (Å²) in [7, 11) is 0. The lowest BCUT2D eigenvalue weighted by atomic mass is 10.1. The van der Waals surface area contributed by atoms with Crippen LogP contribution in [0.25, 0.3) is 0 Å². The molecule has 0 saturated heterocycles. The number of aromatic nitrogens is 2. The van der Waals surface area contributed by atoms with Crippen molar-refractivity contribution in [2.45, 2.75) is 13.8 Å². The number of aryl methyl sites for hydroxylation is 2. The lowest BCUT2D eigenvalue weighted by Gasteiger charge is -2.05. The molecule has 2 aromatic rings. The van der Waals surface area contributed by atoms with Gasteiger partial charge in [0.2, 0.25) is 0 Å². The fourth-order valence-electron chi connectivity index (χ4n) is 1.36. The van der Waals surface area contributed by atoms with E-state index in [2.05, 4.69) is 17.2 Å². The minimum Gasteiger partial charge on any atom is -0.358 e. The second-order valence-corrected chi connectivity index (χ2v) is 3.26. The molecule has 14 heavy (non-hydrogen) atoms. The van der Waals surface area contributed by atoms with Gasteiger partial charge in [0.25, 0.3) is 0 Å². The zero-order chi connectivity index (χ0) is 9.97. The molecule has 0 bridgehead atoms. The van der Waals surface area contributed by atoms with E-state index >= 15 is 0 Å². The molecule has 0 aliphatic heterocycles. The molecule has 0 aliphatic rings. The van der Waals surface area contributed by atoms with Crippen molar-refractivity contribution in [1.29, 1.82) is 0 Å². The van der Waals surface area contributed by atoms with E-state index in [1.807, 2.05) is 26.0 Å². The highest BCUT2D eigenvalue weighted by Gasteiger charge is 1.98. The maximum atomic E-state index is 5.45. The van der Waals surface area contributed by atoms with Crippen molar-refractivity contribution in [2.24, 2.45) is 0 Å². The predicted octanol–water partition coefficient (Wildman–Crippen LogP) is 2.14. The van der Waals surface area contributed by atoms with Crippen LogP contribution < -0.4 is 4.84 Å². The third kappa shape index (κ3) is 1.93. The molecule has 0 amide bonds. The van der Waals surface area contributed by atoms with E-state index in [1.54, 1.807) is 12.4 Å². The molecular weight excluding hydrogens is 176 g/mol. The van der Waals surface area contributed by atoms with Gasteiger partial charge in [-0.2, -0.15) is 0 Å². The molecule has 0 saturated carbocycles. The first-order chi connectivity index (χ1) is 6.74. The lowest BCUT2D eigenvalue weighted by molar-refractivity contribution is 0.178. The summed E-state index contributed by atoms with van der Waals surface area (Å²) in [6.07, 6.45) is 3.19. The summed E-state index contributed by atoms with van der Waals surface area (Å²) in [4.78, 5) is 6.84. The number of nitrogens with zero attached hydrogens (tertiary/aromatic N) is 2. The molecule has 71 valence electrons. The van der Waals surface area contributed by atoms with Gasteiger partial charge in [-0.3, -0.25) is 0 Å². The summed E-state index contributed by atoms with van der Waals surface area (Å²) in [5.41, 5.74) is 2.35. The Bertz CT molecular complexity index is 401. The molecule has 1 heterocycles. The van der Waals surface area contributed by atoms with Crippen LogP contribution in [0.5, 0.6) is 5.75 Å². The van der Waals surface area contributed by atoms with E-state index in [4.69, 9.17) is 4.84 Å². The minimum atomic E-state index is 0.791. The van der Waals surface area contributed by atoms with Crippen molar-refractivity contribution < 1.29 is 4.84 Å². The zero-order valence-corrected chi connectivity index (χ0v) is 8.19. The van der Waals surface area contributed by atoms with E-state index in [0.29, 0.717) is 0 Å². The standard InChI is InChI=1S/C11H11N2O/c1-9-6-10(2)8-11(7-9)14-13-5-3-4-12-13/h4-8H,1-2H3. The Morgan fingerprint density at radius 1 is 1.21 bits per heavy atom. The van der Waals surface area contributed by atoms with Gasteiger partial charge >= 0.3 is 0 Å². The fraction of sp³-hybridized carbons (Fsp3) is 0.182. The highest BCUT2D eigenvalue weighted by Crippen LogP contribution is 2.16. The van der Waals surface area contributed by atoms with Gasteiger partial charge in [-0.1, -0.05) is 10.9 Å². The quantitative estimate of drug-likeness (QED) is 0.720. The molecule has 3 heteroatoms. The summed E-state index contributed by atoms with van der Waals surface area (Å²) in [6.45, 7) is 4.07. The van der Waals surface area contributed by atoms with Gasteiger partial charge in [-0.25, -0.2) is 0 Å². The van der Waals surface area contributed by atoms with Crippen LogP contribution in [0.3, 0.4) is 0 Å². The number of benzene rings is 1. The first-order valence-electron chi connectivity index (χ1n) is 4.41. The van der Waals surface area contributed by atoms with Gasteiger partial charge in [0.1, 0.15) is 0 Å². The van der Waals surface area contributed by atoms with Gasteiger partial charge in [0, 0.05) is 6.07 Å². The van der Waals surface area contributed by atoms with E-state index < -0.39 is 0 Å². The van der Waals surface area contributed by atoms with Crippen molar-refractivity contribution in [3.8, 4) is 5.75 Å². The van der Waals surface area contributed by atoms with Crippen molar-refractivity contribution in [2.75, 3.05) is 0 Å². The summed E-state index contributed by atoms with van der Waals surface area (Å²) in [5, 5.41) is 3.91. The molecule has 1 radical (unpaired) electrons. The third-order valence-corrected chi connectivity index (χ3v) is 1.83. The summed E-state index contributed by atoms with van der Waals surface area (Å²) in [6, 6.07) is 8.84. The van der Waals surface area contributed by atoms with Crippen LogP contribution in [0.2, 0.25) is 0 Å². The fourth-order valence-corrected chi connectivity index (χ4v) is 1.36. The Labute approximate surface area is 82.9 Å². The van der Waals surface area contributed by atoms with Crippen LogP contribution in [0.15, 0.2) is 30.6 Å². The van der Waals surface area contributed by atoms with E-state index in [0.717, 1.165) is 5.75 Å². The smallest absolute Gasteiger partial charge is 0.158 e. The van der Waals surface area contributed by atoms with Crippen LogP contribution in [-0.2, 0) is 0 Å². The molecule has 0 fully saturated rings. The third-order valence-electron chi connectivity index (χ3n) is 1.83. The van der Waals surface area contributed by atoms with E-state index in [-0.39, 0.29) is 0 Å². The minimum absolute atomic E-state index is 0.791. The van der Waals surface area contributed by atoms with E-state index in [1.165, 1.54) is 16.0 Å². The second-order valence-electron chi connectivity index (χ2n) is 3.26. The first kappa shape index (κ1) is 8.81. The van der Waals surface area contributed by atoms with Crippen molar-refractivity contribution in [3.63, 3.8) is 0 Å². The maximum absolute atomic E-state index is 5.45. The van der Waals surface area contributed by atoms with Crippen LogP contribution in [0.4, 0.5) is 0 Å². The Morgan fingerprint density at radius 3 is 2.50 bits per heavy atom. The molecule has 1 aromatic carbocycles. The Hall–Kier alpha value is -1.77. The molecular formula is C11H11N2O. The first-order valence-corrected chi connectivity index (χ1v) is 4.41. The maximum Gasteiger partial charge on any atom is 0.158 e. The van der Waals surface area contributed by atoms with Crippen LogP contribution in [0.1, 0.15) is 11.1 Å². The molecule has 0 unspecified atom stereocenters. The largest absolute Gasteiger partial charge is 0.358 e. The molecule has 1 aromatic heterocycles. The summed E-state index contributed by atoms with van der Waals surface area (Å²) < 4.78 is 0. The lowest BCUT2D eigenvalue weighted by Crippen LogP contribution is -2.05. The predicted molar refractivity (Wildman–Crippen MR) is 53.0 cm³/mol. The summed E-state index contributed by atoms with van der Waals surface area (Å²) in [5.74, 6) is 0.791. The number of hydrogen-bond donors (Lipinski definition) is 0. The van der Waals surface area contributed by atoms with Crippen LogP contribution in [-0.4, -0.2) is 9.94 Å². The molecule has 3 nitrogen and oxygen atoms in total. The molecule has 0 N–H and O–H groups in total. The Balaban J connectivity index is 2.25. The Morgan fingerprint density at radius 2 is 1.93 bits per heavy atom. The topological polar surface area (TPSA) is 27.1 Å². The average Bonchev–Trinajstić information content (AvgIpc) is 2.54. The molecule has 0 aliphatic carbocycles. The SMILES string of the molecule is Cc1cc(C)cc(On2c[c]cn2)c1. The zero-order valence-electron chi connectivity index (χ0n) is 8.19. The average molecular weight is 187 g/mol.